The fourth-order valence-electron chi connectivity index (χ4n) is 3.76. The molecule has 1 aromatic rings. The van der Waals surface area contributed by atoms with Gasteiger partial charge in [-0.1, -0.05) is 25.1 Å². The van der Waals surface area contributed by atoms with E-state index < -0.39 is 0 Å². The van der Waals surface area contributed by atoms with Crippen LogP contribution in [0.25, 0.3) is 0 Å². The Kier molecular flexibility index (Phi) is 11.7. The highest BCUT2D eigenvalue weighted by Gasteiger charge is 2.24. The molecule has 7 heteroatoms. The average Bonchev–Trinajstić information content (AvgIpc) is 2.75. The van der Waals surface area contributed by atoms with Gasteiger partial charge in [-0.15, -0.1) is 35.7 Å². The molecule has 1 N–H and O–H groups in total. The van der Waals surface area contributed by atoms with Gasteiger partial charge in [0.25, 0.3) is 0 Å². The lowest BCUT2D eigenvalue weighted by Crippen LogP contribution is -2.48. The van der Waals surface area contributed by atoms with Crippen molar-refractivity contribution in [3.05, 3.63) is 30.3 Å². The van der Waals surface area contributed by atoms with Crippen LogP contribution in [0.2, 0.25) is 0 Å². The van der Waals surface area contributed by atoms with Crippen LogP contribution in [0.5, 0.6) is 0 Å². The molecule has 0 aliphatic carbocycles. The van der Waals surface area contributed by atoms with Crippen LogP contribution in [-0.2, 0) is 9.47 Å². The van der Waals surface area contributed by atoms with Crippen LogP contribution in [0.4, 0.5) is 0 Å². The van der Waals surface area contributed by atoms with Crippen LogP contribution >= 0.6 is 35.7 Å². The minimum atomic E-state index is 0. The van der Waals surface area contributed by atoms with Crippen LogP contribution in [0.1, 0.15) is 39.0 Å². The number of halogens is 1. The number of hydrogen-bond donors (Lipinski definition) is 1. The number of nitrogens with zero attached hydrogens (tertiary/aromatic N) is 2. The number of likely N-dealkylation sites (tertiary alicyclic amines) is 1. The van der Waals surface area contributed by atoms with Gasteiger partial charge in [0.05, 0.1) is 18.8 Å². The molecule has 1 aromatic carbocycles. The molecule has 0 saturated carbocycles. The Morgan fingerprint density at radius 2 is 2.00 bits per heavy atom. The van der Waals surface area contributed by atoms with Gasteiger partial charge in [-0.2, -0.15) is 0 Å². The van der Waals surface area contributed by atoms with Gasteiger partial charge in [-0.3, -0.25) is 4.99 Å². The minimum Gasteiger partial charge on any atom is -0.376 e. The number of guanidine groups is 1. The SMILES string of the molecule is CN=C(NCC(C)Sc1ccccc1)N1CCC(OCC2CCCCO2)CC1.I. The summed E-state index contributed by atoms with van der Waals surface area (Å²) in [5, 5.41) is 4.03. The molecule has 0 bridgehead atoms. The van der Waals surface area contributed by atoms with Gasteiger partial charge >= 0.3 is 0 Å². The molecule has 2 unspecified atom stereocenters. The molecule has 164 valence electrons. The second-order valence-corrected chi connectivity index (χ2v) is 9.19. The number of rotatable bonds is 7. The molecule has 2 heterocycles. The van der Waals surface area contributed by atoms with Crippen LogP contribution in [0.15, 0.2) is 40.2 Å². The summed E-state index contributed by atoms with van der Waals surface area (Å²) in [6, 6.07) is 10.6. The van der Waals surface area contributed by atoms with Crippen LogP contribution in [-0.4, -0.2) is 68.2 Å². The van der Waals surface area contributed by atoms with E-state index >= 15 is 0 Å². The van der Waals surface area contributed by atoms with Crippen LogP contribution < -0.4 is 5.32 Å². The number of ether oxygens (including phenoxy) is 2. The number of piperidine rings is 1. The quantitative estimate of drug-likeness (QED) is 0.244. The highest BCUT2D eigenvalue weighted by atomic mass is 127. The first-order chi connectivity index (χ1) is 13.7. The lowest BCUT2D eigenvalue weighted by atomic mass is 10.1. The first kappa shape index (κ1) is 24.8. The smallest absolute Gasteiger partial charge is 0.193 e. The van der Waals surface area contributed by atoms with E-state index in [1.165, 1.54) is 17.7 Å². The molecule has 0 amide bonds. The molecule has 0 spiro atoms. The van der Waals surface area contributed by atoms with Crippen molar-refractivity contribution in [2.45, 2.75) is 61.4 Å². The van der Waals surface area contributed by atoms with Crippen molar-refractivity contribution in [3.63, 3.8) is 0 Å². The van der Waals surface area contributed by atoms with Crippen molar-refractivity contribution in [1.82, 2.24) is 10.2 Å². The Morgan fingerprint density at radius 3 is 2.66 bits per heavy atom. The number of thioether (sulfide) groups is 1. The third-order valence-corrected chi connectivity index (χ3v) is 6.49. The summed E-state index contributed by atoms with van der Waals surface area (Å²) in [5.41, 5.74) is 0. The molecule has 29 heavy (non-hydrogen) atoms. The Morgan fingerprint density at radius 1 is 1.24 bits per heavy atom. The highest BCUT2D eigenvalue weighted by molar-refractivity contribution is 14.0. The normalized spacial score (nSPS) is 22.1. The maximum atomic E-state index is 6.13. The summed E-state index contributed by atoms with van der Waals surface area (Å²) in [6.07, 6.45) is 6.40. The van der Waals surface area contributed by atoms with E-state index in [9.17, 15) is 0 Å². The highest BCUT2D eigenvalue weighted by Crippen LogP contribution is 2.22. The second kappa shape index (κ2) is 13.7. The maximum Gasteiger partial charge on any atom is 0.193 e. The summed E-state index contributed by atoms with van der Waals surface area (Å²) in [7, 11) is 1.88. The number of aliphatic imine (C=N–C) groups is 1. The largest absolute Gasteiger partial charge is 0.376 e. The summed E-state index contributed by atoms with van der Waals surface area (Å²) in [5.74, 6) is 1.01. The predicted octanol–water partition coefficient (Wildman–Crippen LogP) is 4.41. The number of hydrogen-bond acceptors (Lipinski definition) is 4. The zero-order chi connectivity index (χ0) is 19.6. The maximum absolute atomic E-state index is 6.13. The second-order valence-electron chi connectivity index (χ2n) is 7.68. The van der Waals surface area contributed by atoms with E-state index in [4.69, 9.17) is 9.47 Å². The van der Waals surface area contributed by atoms with Crippen molar-refractivity contribution < 1.29 is 9.47 Å². The zero-order valence-corrected chi connectivity index (χ0v) is 20.9. The van der Waals surface area contributed by atoms with Crippen molar-refractivity contribution in [2.75, 3.05) is 39.9 Å². The van der Waals surface area contributed by atoms with Crippen LogP contribution in [0, 0.1) is 0 Å². The lowest BCUT2D eigenvalue weighted by molar-refractivity contribution is -0.0721. The molecule has 3 rings (SSSR count). The van der Waals surface area contributed by atoms with Gasteiger partial charge in [-0.25, -0.2) is 0 Å². The molecular formula is C22H36IN3O2S. The molecule has 2 aliphatic heterocycles. The molecule has 2 atom stereocenters. The fraction of sp³-hybridized carbons (Fsp3) is 0.682. The van der Waals surface area contributed by atoms with E-state index in [0.717, 1.165) is 58.1 Å². The first-order valence-corrected chi connectivity index (χ1v) is 11.5. The van der Waals surface area contributed by atoms with Crippen molar-refractivity contribution in [2.24, 2.45) is 4.99 Å². The van der Waals surface area contributed by atoms with Gasteiger partial charge in [-0.05, 0) is 44.2 Å². The van der Waals surface area contributed by atoms with E-state index in [1.54, 1.807) is 0 Å². The van der Waals surface area contributed by atoms with Gasteiger partial charge in [0, 0.05) is 43.4 Å². The molecule has 2 fully saturated rings. The zero-order valence-electron chi connectivity index (χ0n) is 17.7. The van der Waals surface area contributed by atoms with E-state index in [0.29, 0.717) is 17.5 Å². The van der Waals surface area contributed by atoms with Crippen molar-refractivity contribution >= 4 is 41.7 Å². The molecule has 0 aromatic heterocycles. The Bertz CT molecular complexity index is 591. The topological polar surface area (TPSA) is 46.1 Å². The third-order valence-electron chi connectivity index (χ3n) is 5.37. The van der Waals surface area contributed by atoms with Gasteiger partial charge in [0.2, 0.25) is 0 Å². The molecule has 5 nitrogen and oxygen atoms in total. The Labute approximate surface area is 197 Å². The average molecular weight is 534 g/mol. The van der Waals surface area contributed by atoms with Gasteiger partial charge in [0.15, 0.2) is 5.96 Å². The van der Waals surface area contributed by atoms with Gasteiger partial charge in [0.1, 0.15) is 0 Å². The Hall–Kier alpha value is -0.510. The van der Waals surface area contributed by atoms with E-state index in [1.807, 2.05) is 18.8 Å². The van der Waals surface area contributed by atoms with Gasteiger partial charge < -0.3 is 19.7 Å². The predicted molar refractivity (Wildman–Crippen MR) is 133 cm³/mol. The summed E-state index contributed by atoms with van der Waals surface area (Å²) in [4.78, 5) is 8.17. The standard InChI is InChI=1S/C22H35N3O2S.HI/c1-18(28-21-9-4-3-5-10-21)16-24-22(23-2)25-13-11-19(12-14-25)27-17-20-8-6-7-15-26-20;/h3-5,9-10,18-20H,6-8,11-17H2,1-2H3,(H,23,24);1H. The molecule has 2 aliphatic rings. The molecule has 0 radical (unpaired) electrons. The molecule has 2 saturated heterocycles. The van der Waals surface area contributed by atoms with E-state index in [2.05, 4.69) is 52.5 Å². The van der Waals surface area contributed by atoms with Crippen LogP contribution in [0.3, 0.4) is 0 Å². The fourth-order valence-corrected chi connectivity index (χ4v) is 4.70. The third kappa shape index (κ3) is 8.63. The minimum absolute atomic E-state index is 0. The lowest BCUT2D eigenvalue weighted by Gasteiger charge is -2.35. The van der Waals surface area contributed by atoms with Crippen molar-refractivity contribution in [1.29, 1.82) is 0 Å². The monoisotopic (exact) mass is 533 g/mol. The van der Waals surface area contributed by atoms with E-state index in [-0.39, 0.29) is 24.0 Å². The van der Waals surface area contributed by atoms with Crippen molar-refractivity contribution in [3.8, 4) is 0 Å². The Balaban J connectivity index is 0.00000300. The first-order valence-electron chi connectivity index (χ1n) is 10.6. The summed E-state index contributed by atoms with van der Waals surface area (Å²) >= 11 is 1.90. The number of benzene rings is 1. The number of nitrogens with one attached hydrogen (secondary N) is 1. The molecular weight excluding hydrogens is 497 g/mol. The summed E-state index contributed by atoms with van der Waals surface area (Å²) in [6.45, 7) is 6.81. The summed E-state index contributed by atoms with van der Waals surface area (Å²) < 4.78 is 11.9.